The number of carbonyl (C=O) groups excluding carboxylic acids is 1. The van der Waals surface area contributed by atoms with E-state index in [1.165, 1.54) is 12.1 Å². The molecule has 1 saturated heterocycles. The fourth-order valence-corrected chi connectivity index (χ4v) is 2.76. The van der Waals surface area contributed by atoms with Crippen LogP contribution in [0.4, 0.5) is 4.79 Å². The van der Waals surface area contributed by atoms with Crippen molar-refractivity contribution in [1.29, 1.82) is 0 Å². The second-order valence-electron chi connectivity index (χ2n) is 4.95. The Kier molecular flexibility index (Phi) is 2.98. The lowest BCUT2D eigenvalue weighted by Gasteiger charge is -2.13. The Morgan fingerprint density at radius 1 is 1.21 bits per heavy atom. The van der Waals surface area contributed by atoms with Crippen molar-refractivity contribution in [1.82, 2.24) is 4.73 Å². The average Bonchev–Trinajstić information content (AvgIpc) is 2.99. The maximum absolute atomic E-state index is 11.6. The van der Waals surface area contributed by atoms with Crippen LogP contribution in [-0.4, -0.2) is 40.4 Å². The van der Waals surface area contributed by atoms with E-state index in [4.69, 9.17) is 14.3 Å². The van der Waals surface area contributed by atoms with E-state index in [-0.39, 0.29) is 17.9 Å². The van der Waals surface area contributed by atoms with E-state index in [2.05, 4.69) is 0 Å². The normalized spacial score (nSPS) is 29.2. The number of ether oxygens (including phenoxy) is 2. The van der Waals surface area contributed by atoms with Crippen LogP contribution in [0, 0.1) is 11.8 Å². The first-order valence-electron chi connectivity index (χ1n) is 6.20. The van der Waals surface area contributed by atoms with Gasteiger partial charge in [0.2, 0.25) is 11.8 Å². The summed E-state index contributed by atoms with van der Waals surface area (Å²) in [5, 5.41) is 18.7. The van der Waals surface area contributed by atoms with Crippen LogP contribution in [0.2, 0.25) is 0 Å². The van der Waals surface area contributed by atoms with Crippen LogP contribution in [0.1, 0.15) is 12.8 Å². The van der Waals surface area contributed by atoms with E-state index >= 15 is 0 Å². The van der Waals surface area contributed by atoms with Gasteiger partial charge in [-0.15, -0.1) is 4.73 Å². The highest BCUT2D eigenvalue weighted by Gasteiger charge is 2.40. The number of carbonyl (C=O) groups is 1. The molecular formula is C12H15NO6. The molecule has 1 aromatic rings. The molecule has 19 heavy (non-hydrogen) atoms. The molecule has 2 heterocycles. The van der Waals surface area contributed by atoms with Gasteiger partial charge in [-0.25, -0.2) is 4.79 Å². The lowest BCUT2D eigenvalue weighted by molar-refractivity contribution is 0.00604. The minimum atomic E-state index is -0.937. The molecule has 104 valence electrons. The molecular weight excluding hydrogens is 254 g/mol. The van der Waals surface area contributed by atoms with Gasteiger partial charge in [0.1, 0.15) is 6.10 Å². The number of hydrogen-bond donors (Lipinski definition) is 2. The maximum atomic E-state index is 11.6. The van der Waals surface area contributed by atoms with E-state index in [0.29, 0.717) is 16.6 Å². The van der Waals surface area contributed by atoms with Gasteiger partial charge < -0.3 is 19.7 Å². The Bertz CT molecular complexity index is 453. The number of hydrogen-bond acceptors (Lipinski definition) is 6. The predicted molar refractivity (Wildman–Crippen MR) is 61.6 cm³/mol. The molecule has 2 N–H and O–H groups in total. The summed E-state index contributed by atoms with van der Waals surface area (Å²) in [4.78, 5) is 16.3. The van der Waals surface area contributed by atoms with Crippen LogP contribution >= 0.6 is 0 Å². The summed E-state index contributed by atoms with van der Waals surface area (Å²) in [6.07, 6.45) is 0.409. The van der Waals surface area contributed by atoms with Crippen LogP contribution in [0.5, 0.6) is 11.8 Å². The molecule has 2 fully saturated rings. The Morgan fingerprint density at radius 3 is 2.37 bits per heavy atom. The quantitative estimate of drug-likeness (QED) is 0.775. The monoisotopic (exact) mass is 269 g/mol. The van der Waals surface area contributed by atoms with Crippen molar-refractivity contribution in [2.45, 2.75) is 18.9 Å². The van der Waals surface area contributed by atoms with Gasteiger partial charge in [-0.05, 0) is 24.7 Å². The average molecular weight is 269 g/mol. The molecule has 1 aromatic heterocycles. The Balaban J connectivity index is 1.55. The van der Waals surface area contributed by atoms with E-state index in [9.17, 15) is 15.0 Å². The Morgan fingerprint density at radius 2 is 1.79 bits per heavy atom. The van der Waals surface area contributed by atoms with E-state index < -0.39 is 6.16 Å². The highest BCUT2D eigenvalue weighted by atomic mass is 16.8. The van der Waals surface area contributed by atoms with Crippen LogP contribution in [-0.2, 0) is 9.47 Å². The number of fused-ring (bicyclic) bond motifs is 1. The topological polar surface area (TPSA) is 90.2 Å². The smallest absolute Gasteiger partial charge is 0.492 e. The van der Waals surface area contributed by atoms with Crippen molar-refractivity contribution in [2.75, 3.05) is 13.2 Å². The number of aromatic hydroxyl groups is 2. The third kappa shape index (κ3) is 2.33. The lowest BCUT2D eigenvalue weighted by Crippen LogP contribution is -2.25. The van der Waals surface area contributed by atoms with Crippen LogP contribution in [0.25, 0.3) is 0 Å². The molecule has 0 spiro atoms. The maximum Gasteiger partial charge on any atom is 0.534 e. The molecule has 2 aliphatic rings. The van der Waals surface area contributed by atoms with Crippen molar-refractivity contribution in [2.24, 2.45) is 11.8 Å². The summed E-state index contributed by atoms with van der Waals surface area (Å²) < 4.78 is 11.1. The van der Waals surface area contributed by atoms with Gasteiger partial charge in [0.05, 0.1) is 0 Å². The predicted octanol–water partition coefficient (Wildman–Crippen LogP) is 0.889. The summed E-state index contributed by atoms with van der Waals surface area (Å²) in [5.74, 6) is 0.162. The summed E-state index contributed by atoms with van der Waals surface area (Å²) in [6, 6.07) is 2.42. The van der Waals surface area contributed by atoms with E-state index in [1.54, 1.807) is 0 Å². The van der Waals surface area contributed by atoms with Gasteiger partial charge in [-0.3, -0.25) is 4.84 Å². The summed E-state index contributed by atoms with van der Waals surface area (Å²) >= 11 is 0. The SMILES string of the molecule is O=C(OC1C[C@H]2COC[C@H]2C1)On1c(O)ccc1O. The van der Waals surface area contributed by atoms with Crippen molar-refractivity contribution in [3.63, 3.8) is 0 Å². The van der Waals surface area contributed by atoms with E-state index in [0.717, 1.165) is 26.1 Å². The molecule has 0 amide bonds. The molecule has 3 rings (SSSR count). The van der Waals surface area contributed by atoms with Gasteiger partial charge in [0.25, 0.3) is 0 Å². The number of rotatable bonds is 2. The standard InChI is InChI=1S/C12H15NO6/c14-10-1-2-11(15)13(10)19-12(16)18-9-3-7-5-17-6-8(7)4-9/h1-2,7-9,14-15H,3-6H2/t7-,8+,9?. The van der Waals surface area contributed by atoms with Gasteiger partial charge >= 0.3 is 6.16 Å². The van der Waals surface area contributed by atoms with E-state index in [1.807, 2.05) is 0 Å². The lowest BCUT2D eigenvalue weighted by atomic mass is 10.0. The first kappa shape index (κ1) is 12.2. The largest absolute Gasteiger partial charge is 0.534 e. The fourth-order valence-electron chi connectivity index (χ4n) is 2.76. The number of aromatic nitrogens is 1. The van der Waals surface area contributed by atoms with Gasteiger partial charge in [-0.1, -0.05) is 0 Å². The molecule has 1 aliphatic carbocycles. The zero-order valence-corrected chi connectivity index (χ0v) is 10.2. The van der Waals surface area contributed by atoms with Gasteiger partial charge in [-0.2, -0.15) is 0 Å². The minimum absolute atomic E-state index is 0.189. The number of nitrogens with zero attached hydrogens (tertiary/aromatic N) is 1. The van der Waals surface area contributed by atoms with Crippen LogP contribution < -0.4 is 4.84 Å². The van der Waals surface area contributed by atoms with Gasteiger partial charge in [0, 0.05) is 25.3 Å². The second kappa shape index (κ2) is 4.65. The van der Waals surface area contributed by atoms with Crippen LogP contribution in [0.15, 0.2) is 12.1 Å². The summed E-state index contributed by atoms with van der Waals surface area (Å²) in [5.41, 5.74) is 0. The summed E-state index contributed by atoms with van der Waals surface area (Å²) in [7, 11) is 0. The third-order valence-electron chi connectivity index (χ3n) is 3.69. The van der Waals surface area contributed by atoms with Crippen molar-refractivity contribution < 1.29 is 29.3 Å². The second-order valence-corrected chi connectivity index (χ2v) is 4.95. The zero-order valence-electron chi connectivity index (χ0n) is 10.2. The Labute approximate surface area is 109 Å². The zero-order chi connectivity index (χ0) is 13.4. The highest BCUT2D eigenvalue weighted by molar-refractivity contribution is 5.61. The molecule has 0 aromatic carbocycles. The molecule has 3 atom stereocenters. The first-order chi connectivity index (χ1) is 9.13. The highest BCUT2D eigenvalue weighted by Crippen LogP contribution is 2.38. The minimum Gasteiger partial charge on any atom is -0.492 e. The van der Waals surface area contributed by atoms with Crippen molar-refractivity contribution in [3.05, 3.63) is 12.1 Å². The Hall–Kier alpha value is -1.89. The molecule has 0 radical (unpaired) electrons. The van der Waals surface area contributed by atoms with Crippen molar-refractivity contribution >= 4 is 6.16 Å². The molecule has 1 unspecified atom stereocenters. The van der Waals surface area contributed by atoms with Crippen molar-refractivity contribution in [3.8, 4) is 11.8 Å². The molecule has 1 saturated carbocycles. The van der Waals surface area contributed by atoms with Crippen LogP contribution in [0.3, 0.4) is 0 Å². The molecule has 7 nitrogen and oxygen atoms in total. The molecule has 1 aliphatic heterocycles. The van der Waals surface area contributed by atoms with Gasteiger partial charge in [0.15, 0.2) is 0 Å². The fraction of sp³-hybridized carbons (Fsp3) is 0.583. The molecule has 0 bridgehead atoms. The third-order valence-corrected chi connectivity index (χ3v) is 3.69. The summed E-state index contributed by atoms with van der Waals surface area (Å²) in [6.45, 7) is 1.44. The first-order valence-corrected chi connectivity index (χ1v) is 6.20. The molecule has 7 heteroatoms.